The Balaban J connectivity index is 2.24. The maximum Gasteiger partial charge on any atom is 0.0687 e. The zero-order valence-electron chi connectivity index (χ0n) is 8.67. The fraction of sp³-hybridized carbons (Fsp3) is 0.909. The summed E-state index contributed by atoms with van der Waals surface area (Å²) in [5.74, 6) is -0.863. The van der Waals surface area contributed by atoms with Crippen LogP contribution < -0.4 is 5.11 Å². The second-order valence-corrected chi connectivity index (χ2v) is 4.84. The van der Waals surface area contributed by atoms with Gasteiger partial charge in [0.25, 0.3) is 0 Å². The highest BCUT2D eigenvalue weighted by Crippen LogP contribution is 2.52. The number of carbonyl (C=O) groups excluding carboxylic acids is 1. The van der Waals surface area contributed by atoms with Crippen molar-refractivity contribution in [1.29, 1.82) is 0 Å². The van der Waals surface area contributed by atoms with Gasteiger partial charge < -0.3 is 14.6 Å². The summed E-state index contributed by atoms with van der Waals surface area (Å²) < 4.78 is 5.53. The van der Waals surface area contributed by atoms with Gasteiger partial charge in [-0.05, 0) is 44.9 Å². The average molecular weight is 197 g/mol. The number of hydrogen-bond acceptors (Lipinski definition) is 3. The number of hydrogen-bond donors (Lipinski definition) is 0. The SMILES string of the molecule is COC12CCCC(C(=O)[O-])(CCC1)C2. The lowest BCUT2D eigenvalue weighted by molar-refractivity contribution is -0.326. The van der Waals surface area contributed by atoms with Crippen molar-refractivity contribution in [3.8, 4) is 0 Å². The predicted octanol–water partition coefficient (Wildman–Crippen LogP) is 0.866. The van der Waals surface area contributed by atoms with Gasteiger partial charge in [0.2, 0.25) is 0 Å². The Bertz CT molecular complexity index is 237. The summed E-state index contributed by atoms with van der Waals surface area (Å²) in [4.78, 5) is 11.2. The van der Waals surface area contributed by atoms with Gasteiger partial charge in [0, 0.05) is 18.5 Å². The lowest BCUT2D eigenvalue weighted by Gasteiger charge is -2.52. The molecule has 0 aromatic carbocycles. The monoisotopic (exact) mass is 197 g/mol. The number of carbonyl (C=O) groups is 1. The van der Waals surface area contributed by atoms with Crippen molar-refractivity contribution in [3.63, 3.8) is 0 Å². The van der Waals surface area contributed by atoms with Crippen LogP contribution in [0, 0.1) is 5.41 Å². The van der Waals surface area contributed by atoms with E-state index >= 15 is 0 Å². The standard InChI is InChI=1S/C11H18O3/c1-14-11-6-2-4-10(8-11,9(12)13)5-3-7-11/h2-8H2,1H3,(H,12,13)/p-1. The van der Waals surface area contributed by atoms with Crippen LogP contribution >= 0.6 is 0 Å². The molecule has 0 aromatic rings. The minimum atomic E-state index is -0.863. The molecule has 3 heteroatoms. The molecule has 0 spiro atoms. The largest absolute Gasteiger partial charge is 0.550 e. The van der Waals surface area contributed by atoms with E-state index in [2.05, 4.69) is 0 Å². The molecule has 0 unspecified atom stereocenters. The number of fused-ring (bicyclic) bond motifs is 2. The molecule has 2 fully saturated rings. The molecule has 0 radical (unpaired) electrons. The molecule has 0 aromatic heterocycles. The smallest absolute Gasteiger partial charge is 0.0687 e. The zero-order valence-corrected chi connectivity index (χ0v) is 8.67. The third kappa shape index (κ3) is 1.34. The number of ether oxygens (including phenoxy) is 1. The van der Waals surface area contributed by atoms with Crippen LogP contribution in [0.5, 0.6) is 0 Å². The predicted molar refractivity (Wildman–Crippen MR) is 49.5 cm³/mol. The first kappa shape index (κ1) is 9.97. The van der Waals surface area contributed by atoms with Crippen LogP contribution in [0.3, 0.4) is 0 Å². The summed E-state index contributed by atoms with van der Waals surface area (Å²) >= 11 is 0. The van der Waals surface area contributed by atoms with E-state index in [0.717, 1.165) is 38.5 Å². The van der Waals surface area contributed by atoms with Crippen LogP contribution in [-0.4, -0.2) is 18.7 Å². The maximum atomic E-state index is 11.2. The molecule has 0 saturated heterocycles. The van der Waals surface area contributed by atoms with Crippen LogP contribution in [0.4, 0.5) is 0 Å². The Kier molecular flexibility index (Phi) is 2.30. The van der Waals surface area contributed by atoms with Gasteiger partial charge in [0.15, 0.2) is 0 Å². The number of aliphatic carboxylic acids is 1. The van der Waals surface area contributed by atoms with Gasteiger partial charge in [-0.1, -0.05) is 0 Å². The van der Waals surface area contributed by atoms with Gasteiger partial charge in [-0.15, -0.1) is 0 Å². The summed E-state index contributed by atoms with van der Waals surface area (Å²) in [6, 6.07) is 0. The summed E-state index contributed by atoms with van der Waals surface area (Å²) in [5.41, 5.74) is -0.733. The van der Waals surface area contributed by atoms with Gasteiger partial charge in [-0.2, -0.15) is 0 Å². The van der Waals surface area contributed by atoms with Gasteiger partial charge in [-0.25, -0.2) is 0 Å². The molecule has 0 heterocycles. The van der Waals surface area contributed by atoms with E-state index < -0.39 is 11.4 Å². The van der Waals surface area contributed by atoms with Gasteiger partial charge >= 0.3 is 0 Å². The minimum Gasteiger partial charge on any atom is -0.550 e. The fourth-order valence-electron chi connectivity index (χ4n) is 3.27. The summed E-state index contributed by atoms with van der Waals surface area (Å²) in [7, 11) is 1.71. The molecule has 0 atom stereocenters. The second kappa shape index (κ2) is 3.23. The van der Waals surface area contributed by atoms with Crippen molar-refractivity contribution in [2.24, 2.45) is 5.41 Å². The van der Waals surface area contributed by atoms with E-state index in [4.69, 9.17) is 4.74 Å². The molecule has 0 N–H and O–H groups in total. The van der Waals surface area contributed by atoms with Crippen molar-refractivity contribution in [2.75, 3.05) is 7.11 Å². The Hall–Kier alpha value is -0.570. The van der Waals surface area contributed by atoms with Crippen LogP contribution in [0.2, 0.25) is 0 Å². The first-order chi connectivity index (χ1) is 6.63. The Morgan fingerprint density at radius 2 is 1.79 bits per heavy atom. The highest BCUT2D eigenvalue weighted by Gasteiger charge is 2.48. The van der Waals surface area contributed by atoms with Crippen molar-refractivity contribution in [2.45, 2.75) is 50.5 Å². The second-order valence-electron chi connectivity index (χ2n) is 4.84. The highest BCUT2D eigenvalue weighted by atomic mass is 16.5. The van der Waals surface area contributed by atoms with Gasteiger partial charge in [0.05, 0.1) is 5.60 Å². The lowest BCUT2D eigenvalue weighted by Crippen LogP contribution is -2.54. The van der Waals surface area contributed by atoms with Gasteiger partial charge in [0.1, 0.15) is 0 Å². The molecule has 2 aliphatic carbocycles. The summed E-state index contributed by atoms with van der Waals surface area (Å²) in [6.45, 7) is 0. The van der Waals surface area contributed by atoms with Crippen LogP contribution in [0.25, 0.3) is 0 Å². The van der Waals surface area contributed by atoms with E-state index in [9.17, 15) is 9.90 Å². The van der Waals surface area contributed by atoms with Gasteiger partial charge in [-0.3, -0.25) is 0 Å². The number of methoxy groups -OCH3 is 1. The molecular formula is C11H17O3-. The van der Waals surface area contributed by atoms with Crippen molar-refractivity contribution < 1.29 is 14.6 Å². The molecule has 3 nitrogen and oxygen atoms in total. The molecule has 2 bridgehead atoms. The van der Waals surface area contributed by atoms with Crippen LogP contribution in [-0.2, 0) is 9.53 Å². The van der Waals surface area contributed by atoms with E-state index in [-0.39, 0.29) is 5.60 Å². The van der Waals surface area contributed by atoms with Crippen molar-refractivity contribution in [1.82, 2.24) is 0 Å². The molecule has 0 amide bonds. The summed E-state index contributed by atoms with van der Waals surface area (Å²) in [5, 5.41) is 11.2. The van der Waals surface area contributed by atoms with E-state index in [1.54, 1.807) is 7.11 Å². The number of carboxylic acids is 1. The third-order valence-corrected chi connectivity index (χ3v) is 4.10. The molecule has 2 rings (SSSR count). The highest BCUT2D eigenvalue weighted by molar-refractivity contribution is 5.73. The molecular weight excluding hydrogens is 180 g/mol. The number of carboxylic acid groups (broad SMARTS) is 1. The minimum absolute atomic E-state index is 0.156. The topological polar surface area (TPSA) is 49.4 Å². The van der Waals surface area contributed by atoms with E-state index in [1.807, 2.05) is 0 Å². The Morgan fingerprint density at radius 3 is 2.21 bits per heavy atom. The third-order valence-electron chi connectivity index (χ3n) is 4.10. The normalized spacial score (nSPS) is 42.1. The van der Waals surface area contributed by atoms with E-state index in [0.29, 0.717) is 6.42 Å². The van der Waals surface area contributed by atoms with Crippen LogP contribution in [0.1, 0.15) is 44.9 Å². The maximum absolute atomic E-state index is 11.2. The molecule has 80 valence electrons. The summed E-state index contributed by atoms with van der Waals surface area (Å²) in [6.07, 6.45) is 6.17. The Labute approximate surface area is 84.4 Å². The lowest BCUT2D eigenvalue weighted by atomic mass is 9.60. The quantitative estimate of drug-likeness (QED) is 0.660. The van der Waals surface area contributed by atoms with Crippen molar-refractivity contribution in [3.05, 3.63) is 0 Å². The number of rotatable bonds is 2. The van der Waals surface area contributed by atoms with E-state index in [1.165, 1.54) is 0 Å². The van der Waals surface area contributed by atoms with Crippen molar-refractivity contribution >= 4 is 5.97 Å². The molecule has 2 aliphatic rings. The molecule has 14 heavy (non-hydrogen) atoms. The first-order valence-corrected chi connectivity index (χ1v) is 5.39. The average Bonchev–Trinajstić information content (AvgIpc) is 2.18. The fourth-order valence-corrected chi connectivity index (χ4v) is 3.27. The van der Waals surface area contributed by atoms with Crippen LogP contribution in [0.15, 0.2) is 0 Å². The molecule has 0 aliphatic heterocycles. The molecule has 2 saturated carbocycles. The first-order valence-electron chi connectivity index (χ1n) is 5.39. The Morgan fingerprint density at radius 1 is 1.21 bits per heavy atom. The zero-order chi connectivity index (χ0) is 10.2.